The van der Waals surface area contributed by atoms with Gasteiger partial charge in [0.15, 0.2) is 0 Å². The standard InChI is InChI=1S/C17H25N3/c1-20(13-15-7-5-6-8-15)12-11-17(19,14-18)16-9-3-2-4-10-16/h2-4,9-10,15H,5-8,11-13,19H2,1H3. The van der Waals surface area contributed by atoms with Crippen molar-refractivity contribution >= 4 is 0 Å². The summed E-state index contributed by atoms with van der Waals surface area (Å²) in [7, 11) is 2.14. The smallest absolute Gasteiger partial charge is 0.131 e. The van der Waals surface area contributed by atoms with Crippen molar-refractivity contribution in [3.05, 3.63) is 35.9 Å². The van der Waals surface area contributed by atoms with E-state index >= 15 is 0 Å². The van der Waals surface area contributed by atoms with Gasteiger partial charge in [0.05, 0.1) is 6.07 Å². The monoisotopic (exact) mass is 271 g/mol. The molecule has 1 saturated carbocycles. The summed E-state index contributed by atoms with van der Waals surface area (Å²) >= 11 is 0. The molecule has 0 bridgehead atoms. The number of nitriles is 1. The Hall–Kier alpha value is -1.37. The van der Waals surface area contributed by atoms with E-state index in [4.69, 9.17) is 5.73 Å². The van der Waals surface area contributed by atoms with Crippen LogP contribution < -0.4 is 5.73 Å². The van der Waals surface area contributed by atoms with Crippen LogP contribution >= 0.6 is 0 Å². The van der Waals surface area contributed by atoms with Crippen LogP contribution in [-0.4, -0.2) is 25.0 Å². The third kappa shape index (κ3) is 3.82. The van der Waals surface area contributed by atoms with Gasteiger partial charge in [0.2, 0.25) is 0 Å². The van der Waals surface area contributed by atoms with Crippen LogP contribution in [0, 0.1) is 17.2 Å². The lowest BCUT2D eigenvalue weighted by molar-refractivity contribution is 0.259. The number of rotatable bonds is 6. The maximum absolute atomic E-state index is 9.44. The van der Waals surface area contributed by atoms with E-state index in [2.05, 4.69) is 18.0 Å². The molecule has 0 heterocycles. The second-order valence-corrected chi connectivity index (χ2v) is 6.11. The Morgan fingerprint density at radius 2 is 1.95 bits per heavy atom. The lowest BCUT2D eigenvalue weighted by Crippen LogP contribution is -2.39. The summed E-state index contributed by atoms with van der Waals surface area (Å²) in [5, 5.41) is 9.44. The molecule has 0 spiro atoms. The molecule has 0 amide bonds. The molecule has 3 nitrogen and oxygen atoms in total. The molecule has 1 aliphatic rings. The average Bonchev–Trinajstić information content (AvgIpc) is 2.98. The summed E-state index contributed by atoms with van der Waals surface area (Å²) in [5.41, 5.74) is 6.33. The summed E-state index contributed by atoms with van der Waals surface area (Å²) in [6.45, 7) is 2.01. The van der Waals surface area contributed by atoms with Gasteiger partial charge in [0, 0.05) is 13.1 Å². The first kappa shape index (κ1) is 15.0. The maximum Gasteiger partial charge on any atom is 0.131 e. The van der Waals surface area contributed by atoms with Gasteiger partial charge in [-0.05, 0) is 37.8 Å². The van der Waals surface area contributed by atoms with E-state index in [0.29, 0.717) is 6.42 Å². The van der Waals surface area contributed by atoms with Gasteiger partial charge in [-0.2, -0.15) is 5.26 Å². The zero-order valence-electron chi connectivity index (χ0n) is 12.4. The number of nitrogens with two attached hydrogens (primary N) is 1. The predicted molar refractivity (Wildman–Crippen MR) is 82.0 cm³/mol. The second-order valence-electron chi connectivity index (χ2n) is 6.11. The fraction of sp³-hybridized carbons (Fsp3) is 0.588. The van der Waals surface area contributed by atoms with E-state index in [9.17, 15) is 5.26 Å². The molecule has 1 aromatic carbocycles. The Bertz CT molecular complexity index is 445. The Morgan fingerprint density at radius 1 is 1.30 bits per heavy atom. The van der Waals surface area contributed by atoms with Gasteiger partial charge in [-0.3, -0.25) is 0 Å². The fourth-order valence-electron chi connectivity index (χ4n) is 3.09. The van der Waals surface area contributed by atoms with E-state index in [1.165, 1.54) is 25.7 Å². The maximum atomic E-state index is 9.44. The van der Waals surface area contributed by atoms with E-state index < -0.39 is 5.54 Å². The zero-order chi connectivity index (χ0) is 14.4. The Kier molecular flexibility index (Phi) is 5.17. The molecule has 1 fully saturated rings. The van der Waals surface area contributed by atoms with Crippen molar-refractivity contribution in [1.29, 1.82) is 5.26 Å². The van der Waals surface area contributed by atoms with Crippen molar-refractivity contribution < 1.29 is 0 Å². The van der Waals surface area contributed by atoms with Crippen molar-refractivity contribution in [2.45, 2.75) is 37.6 Å². The minimum Gasteiger partial charge on any atom is -0.310 e. The Labute approximate surface area is 122 Å². The van der Waals surface area contributed by atoms with Crippen LogP contribution in [0.5, 0.6) is 0 Å². The highest BCUT2D eigenvalue weighted by Gasteiger charge is 2.27. The number of hydrogen-bond donors (Lipinski definition) is 1. The summed E-state index contributed by atoms with van der Waals surface area (Å²) < 4.78 is 0. The van der Waals surface area contributed by atoms with Crippen LogP contribution in [0.1, 0.15) is 37.7 Å². The molecule has 2 N–H and O–H groups in total. The van der Waals surface area contributed by atoms with Crippen molar-refractivity contribution in [2.75, 3.05) is 20.1 Å². The third-order valence-electron chi connectivity index (χ3n) is 4.42. The van der Waals surface area contributed by atoms with Crippen LogP contribution in [0.4, 0.5) is 0 Å². The van der Waals surface area contributed by atoms with Gasteiger partial charge >= 0.3 is 0 Å². The second kappa shape index (κ2) is 6.88. The third-order valence-corrected chi connectivity index (χ3v) is 4.42. The quantitative estimate of drug-likeness (QED) is 0.865. The first-order chi connectivity index (χ1) is 9.64. The SMILES string of the molecule is CN(CCC(N)(C#N)c1ccccc1)CC1CCCC1. The zero-order valence-corrected chi connectivity index (χ0v) is 12.4. The normalized spacial score (nSPS) is 18.9. The largest absolute Gasteiger partial charge is 0.310 e. The average molecular weight is 271 g/mol. The molecule has 1 atom stereocenters. The molecular formula is C17H25N3. The topological polar surface area (TPSA) is 53.0 Å². The minimum absolute atomic E-state index is 0.677. The highest BCUT2D eigenvalue weighted by atomic mass is 15.1. The highest BCUT2D eigenvalue weighted by Crippen LogP contribution is 2.26. The van der Waals surface area contributed by atoms with Crippen LogP contribution in [0.25, 0.3) is 0 Å². The van der Waals surface area contributed by atoms with Gasteiger partial charge in [0.25, 0.3) is 0 Å². The van der Waals surface area contributed by atoms with Crippen LogP contribution in [0.2, 0.25) is 0 Å². The Balaban J connectivity index is 1.88. The van der Waals surface area contributed by atoms with Crippen LogP contribution in [0.15, 0.2) is 30.3 Å². The minimum atomic E-state index is -0.870. The molecule has 20 heavy (non-hydrogen) atoms. The first-order valence-electron chi connectivity index (χ1n) is 7.58. The molecule has 2 rings (SSSR count). The summed E-state index contributed by atoms with van der Waals surface area (Å²) in [6.07, 6.45) is 6.14. The number of hydrogen-bond acceptors (Lipinski definition) is 3. The van der Waals surface area contributed by atoms with Crippen molar-refractivity contribution in [1.82, 2.24) is 4.90 Å². The molecule has 3 heteroatoms. The Morgan fingerprint density at radius 3 is 2.55 bits per heavy atom. The van der Waals surface area contributed by atoms with E-state index in [-0.39, 0.29) is 0 Å². The lowest BCUT2D eigenvalue weighted by atomic mass is 9.89. The summed E-state index contributed by atoms with van der Waals surface area (Å²) in [4.78, 5) is 2.33. The van der Waals surface area contributed by atoms with Gasteiger partial charge in [0.1, 0.15) is 5.54 Å². The van der Waals surface area contributed by atoms with Crippen molar-refractivity contribution in [3.63, 3.8) is 0 Å². The van der Waals surface area contributed by atoms with E-state index in [1.807, 2.05) is 30.3 Å². The first-order valence-corrected chi connectivity index (χ1v) is 7.58. The van der Waals surface area contributed by atoms with Crippen molar-refractivity contribution in [3.8, 4) is 6.07 Å². The fourth-order valence-corrected chi connectivity index (χ4v) is 3.09. The van der Waals surface area contributed by atoms with Gasteiger partial charge in [-0.15, -0.1) is 0 Å². The molecule has 0 radical (unpaired) electrons. The van der Waals surface area contributed by atoms with Crippen molar-refractivity contribution in [2.24, 2.45) is 11.7 Å². The molecular weight excluding hydrogens is 246 g/mol. The molecule has 1 aromatic rings. The van der Waals surface area contributed by atoms with Gasteiger partial charge < -0.3 is 10.6 Å². The highest BCUT2D eigenvalue weighted by molar-refractivity contribution is 5.30. The number of benzene rings is 1. The summed E-state index contributed by atoms with van der Waals surface area (Å²) in [6, 6.07) is 12.0. The van der Waals surface area contributed by atoms with Gasteiger partial charge in [-0.25, -0.2) is 0 Å². The molecule has 0 aromatic heterocycles. The molecule has 0 saturated heterocycles. The van der Waals surface area contributed by atoms with E-state index in [1.54, 1.807) is 0 Å². The molecule has 0 aliphatic heterocycles. The molecule has 108 valence electrons. The molecule has 1 unspecified atom stereocenters. The van der Waals surface area contributed by atoms with Gasteiger partial charge in [-0.1, -0.05) is 43.2 Å². The predicted octanol–water partition coefficient (Wildman–Crippen LogP) is 2.88. The van der Waals surface area contributed by atoms with E-state index in [0.717, 1.165) is 24.6 Å². The van der Waals surface area contributed by atoms with Crippen LogP contribution in [-0.2, 0) is 5.54 Å². The van der Waals surface area contributed by atoms with Crippen LogP contribution in [0.3, 0.4) is 0 Å². The number of nitrogens with zero attached hydrogens (tertiary/aromatic N) is 2. The summed E-state index contributed by atoms with van der Waals surface area (Å²) in [5.74, 6) is 0.839. The molecule has 1 aliphatic carbocycles. The lowest BCUT2D eigenvalue weighted by Gasteiger charge is -2.27.